The third-order valence-corrected chi connectivity index (χ3v) is 5.12. The molecule has 0 radical (unpaired) electrons. The predicted octanol–water partition coefficient (Wildman–Crippen LogP) is 3.26. The summed E-state index contributed by atoms with van der Waals surface area (Å²) in [5, 5.41) is 0. The third kappa shape index (κ3) is 4.45. The van der Waals surface area contributed by atoms with Crippen LogP contribution in [0.3, 0.4) is 0 Å². The number of rotatable bonds is 8. The number of esters is 1. The van der Waals surface area contributed by atoms with Crippen LogP contribution in [-0.4, -0.2) is 44.5 Å². The highest BCUT2D eigenvalue weighted by atomic mass is 16.5. The van der Waals surface area contributed by atoms with Crippen LogP contribution < -0.4 is 14.4 Å². The molecule has 0 spiro atoms. The maximum atomic E-state index is 12.7. The van der Waals surface area contributed by atoms with Crippen LogP contribution in [0.15, 0.2) is 48.5 Å². The second kappa shape index (κ2) is 9.43. The van der Waals surface area contributed by atoms with Crippen LogP contribution in [0.4, 0.5) is 5.69 Å². The van der Waals surface area contributed by atoms with E-state index in [1.165, 1.54) is 12.0 Å². The summed E-state index contributed by atoms with van der Waals surface area (Å²) in [7, 11) is 3.05. The fraction of sp³-hybridized carbons (Fsp3) is 0.348. The first-order chi connectivity index (χ1) is 14.5. The van der Waals surface area contributed by atoms with Gasteiger partial charge >= 0.3 is 5.97 Å². The second-order valence-corrected chi connectivity index (χ2v) is 7.01. The SMILES string of the molecule is CC[C@H](OC(=O)[C@H]1CC(=O)N(c2ccc(OC)cc2OC)C1)C(=O)c1ccccc1. The lowest BCUT2D eigenvalue weighted by Crippen LogP contribution is -2.31. The summed E-state index contributed by atoms with van der Waals surface area (Å²) in [4.78, 5) is 39.5. The van der Waals surface area contributed by atoms with Gasteiger partial charge in [-0.1, -0.05) is 37.3 Å². The summed E-state index contributed by atoms with van der Waals surface area (Å²) < 4.78 is 16.1. The maximum absolute atomic E-state index is 12.7. The fourth-order valence-corrected chi connectivity index (χ4v) is 3.45. The average molecular weight is 411 g/mol. The number of ether oxygens (including phenoxy) is 3. The molecule has 2 atom stereocenters. The number of hydrogen-bond donors (Lipinski definition) is 0. The van der Waals surface area contributed by atoms with E-state index in [-0.39, 0.29) is 24.7 Å². The van der Waals surface area contributed by atoms with Crippen LogP contribution in [0.5, 0.6) is 11.5 Å². The van der Waals surface area contributed by atoms with Crippen LogP contribution in [0, 0.1) is 5.92 Å². The van der Waals surface area contributed by atoms with Crippen molar-refractivity contribution >= 4 is 23.3 Å². The van der Waals surface area contributed by atoms with Crippen molar-refractivity contribution in [2.45, 2.75) is 25.9 Å². The molecule has 2 aromatic rings. The molecule has 30 heavy (non-hydrogen) atoms. The number of ketones is 1. The molecule has 0 unspecified atom stereocenters. The molecule has 1 heterocycles. The number of carbonyl (C=O) groups excluding carboxylic acids is 3. The smallest absolute Gasteiger partial charge is 0.312 e. The van der Waals surface area contributed by atoms with Crippen molar-refractivity contribution in [3.05, 3.63) is 54.1 Å². The highest BCUT2D eigenvalue weighted by molar-refractivity contribution is 6.02. The molecule has 3 rings (SSSR count). The summed E-state index contributed by atoms with van der Waals surface area (Å²) in [6.45, 7) is 1.95. The van der Waals surface area contributed by atoms with Crippen molar-refractivity contribution in [2.24, 2.45) is 5.92 Å². The molecule has 158 valence electrons. The Morgan fingerprint density at radius 1 is 1.10 bits per heavy atom. The molecule has 7 nitrogen and oxygen atoms in total. The molecule has 2 aromatic carbocycles. The Kier molecular flexibility index (Phi) is 6.72. The molecule has 0 aliphatic carbocycles. The van der Waals surface area contributed by atoms with Crippen molar-refractivity contribution < 1.29 is 28.6 Å². The van der Waals surface area contributed by atoms with E-state index in [1.54, 1.807) is 56.5 Å². The van der Waals surface area contributed by atoms with E-state index in [1.807, 2.05) is 6.07 Å². The molecule has 1 fully saturated rings. The largest absolute Gasteiger partial charge is 0.497 e. The minimum atomic E-state index is -0.875. The van der Waals surface area contributed by atoms with Crippen molar-refractivity contribution in [1.82, 2.24) is 0 Å². The van der Waals surface area contributed by atoms with E-state index < -0.39 is 18.0 Å². The minimum absolute atomic E-state index is 0.0178. The Hall–Kier alpha value is -3.35. The van der Waals surface area contributed by atoms with E-state index >= 15 is 0 Å². The van der Waals surface area contributed by atoms with Gasteiger partial charge in [-0.3, -0.25) is 14.4 Å². The molecule has 1 amide bonds. The molecule has 0 saturated carbocycles. The molecule has 1 aliphatic heterocycles. The van der Waals surface area contributed by atoms with Crippen LogP contribution in [0.25, 0.3) is 0 Å². The normalized spacial score (nSPS) is 16.8. The lowest BCUT2D eigenvalue weighted by Gasteiger charge is -2.21. The van der Waals surface area contributed by atoms with Gasteiger partial charge in [0.15, 0.2) is 6.10 Å². The van der Waals surface area contributed by atoms with Crippen LogP contribution in [0.1, 0.15) is 30.1 Å². The zero-order chi connectivity index (χ0) is 21.7. The summed E-state index contributed by atoms with van der Waals surface area (Å²) in [6.07, 6.45) is -0.500. The number of Topliss-reactive ketones (excluding diaryl/α,β-unsaturated/α-hetero) is 1. The number of carbonyl (C=O) groups is 3. The summed E-state index contributed by atoms with van der Waals surface area (Å²) in [6, 6.07) is 13.8. The van der Waals surface area contributed by atoms with Gasteiger partial charge in [-0.05, 0) is 18.6 Å². The molecule has 0 N–H and O–H groups in total. The third-order valence-electron chi connectivity index (χ3n) is 5.12. The fourth-order valence-electron chi connectivity index (χ4n) is 3.45. The molecule has 0 aromatic heterocycles. The Morgan fingerprint density at radius 2 is 1.83 bits per heavy atom. The van der Waals surface area contributed by atoms with E-state index in [2.05, 4.69) is 0 Å². The van der Waals surface area contributed by atoms with E-state index in [0.717, 1.165) is 0 Å². The van der Waals surface area contributed by atoms with Crippen molar-refractivity contribution in [3.8, 4) is 11.5 Å². The Labute approximate surface area is 175 Å². The topological polar surface area (TPSA) is 82.1 Å². The van der Waals surface area contributed by atoms with Gasteiger partial charge < -0.3 is 19.1 Å². The van der Waals surface area contributed by atoms with Crippen LogP contribution in [-0.2, 0) is 14.3 Å². The summed E-state index contributed by atoms with van der Waals surface area (Å²) in [5.41, 5.74) is 1.05. The van der Waals surface area contributed by atoms with E-state index in [4.69, 9.17) is 14.2 Å². The van der Waals surface area contributed by atoms with Gasteiger partial charge in [-0.15, -0.1) is 0 Å². The number of nitrogens with zero attached hydrogens (tertiary/aromatic N) is 1. The number of hydrogen-bond acceptors (Lipinski definition) is 6. The van der Waals surface area contributed by atoms with Crippen molar-refractivity contribution in [2.75, 3.05) is 25.7 Å². The summed E-state index contributed by atoms with van der Waals surface area (Å²) in [5.74, 6) is -0.575. The first-order valence-electron chi connectivity index (χ1n) is 9.80. The maximum Gasteiger partial charge on any atom is 0.312 e. The monoisotopic (exact) mass is 411 g/mol. The zero-order valence-corrected chi connectivity index (χ0v) is 17.3. The number of methoxy groups -OCH3 is 2. The molecular formula is C23H25NO6. The molecule has 7 heteroatoms. The van der Waals surface area contributed by atoms with Crippen molar-refractivity contribution in [1.29, 1.82) is 0 Å². The van der Waals surface area contributed by atoms with Gasteiger partial charge in [-0.25, -0.2) is 0 Å². The number of amides is 1. The first kappa shape index (κ1) is 21.4. The number of benzene rings is 2. The zero-order valence-electron chi connectivity index (χ0n) is 17.3. The Morgan fingerprint density at radius 3 is 2.47 bits per heavy atom. The van der Waals surface area contributed by atoms with Gasteiger partial charge in [0.25, 0.3) is 0 Å². The second-order valence-electron chi connectivity index (χ2n) is 7.01. The summed E-state index contributed by atoms with van der Waals surface area (Å²) >= 11 is 0. The molecular weight excluding hydrogens is 386 g/mol. The first-order valence-corrected chi connectivity index (χ1v) is 9.80. The average Bonchev–Trinajstić information content (AvgIpc) is 3.18. The van der Waals surface area contributed by atoms with Gasteiger partial charge in [0.2, 0.25) is 11.7 Å². The molecule has 0 bridgehead atoms. The molecule has 1 saturated heterocycles. The Balaban J connectivity index is 1.71. The highest BCUT2D eigenvalue weighted by Gasteiger charge is 2.38. The van der Waals surface area contributed by atoms with Gasteiger partial charge in [0.05, 0.1) is 25.8 Å². The number of anilines is 1. The van der Waals surface area contributed by atoms with E-state index in [0.29, 0.717) is 29.2 Å². The van der Waals surface area contributed by atoms with Gasteiger partial charge in [0, 0.05) is 24.6 Å². The van der Waals surface area contributed by atoms with E-state index in [9.17, 15) is 14.4 Å². The molecule has 1 aliphatic rings. The van der Waals surface area contributed by atoms with Gasteiger partial charge in [0.1, 0.15) is 11.5 Å². The lowest BCUT2D eigenvalue weighted by atomic mass is 10.0. The minimum Gasteiger partial charge on any atom is -0.497 e. The predicted molar refractivity (Wildman–Crippen MR) is 111 cm³/mol. The lowest BCUT2D eigenvalue weighted by molar-refractivity contribution is -0.151. The van der Waals surface area contributed by atoms with Crippen LogP contribution in [0.2, 0.25) is 0 Å². The quantitative estimate of drug-likeness (QED) is 0.490. The Bertz CT molecular complexity index is 927. The van der Waals surface area contributed by atoms with Gasteiger partial charge in [-0.2, -0.15) is 0 Å². The standard InChI is InChI=1S/C23H25NO6/c1-4-19(22(26)15-8-6-5-7-9-15)30-23(27)16-12-21(25)24(14-16)18-11-10-17(28-2)13-20(18)29-3/h5-11,13,16,19H,4,12,14H2,1-3H3/t16-,19-/m0/s1. The van der Waals surface area contributed by atoms with Crippen LogP contribution >= 0.6 is 0 Å². The van der Waals surface area contributed by atoms with Crippen molar-refractivity contribution in [3.63, 3.8) is 0 Å². The highest BCUT2D eigenvalue weighted by Crippen LogP contribution is 2.36.